The van der Waals surface area contributed by atoms with E-state index in [-0.39, 0.29) is 0 Å². The van der Waals surface area contributed by atoms with Crippen LogP contribution < -0.4 is 10.1 Å². The number of halogens is 1. The van der Waals surface area contributed by atoms with E-state index in [2.05, 4.69) is 10.3 Å². The van der Waals surface area contributed by atoms with Crippen molar-refractivity contribution in [2.24, 2.45) is 0 Å². The van der Waals surface area contributed by atoms with E-state index in [1.54, 1.807) is 6.26 Å². The van der Waals surface area contributed by atoms with Crippen molar-refractivity contribution in [1.82, 2.24) is 10.3 Å². The number of nitrogens with one attached hydrogen (secondary N) is 1. The number of rotatable bonds is 6. The number of aromatic nitrogens is 1. The van der Waals surface area contributed by atoms with Crippen LogP contribution in [0.25, 0.3) is 0 Å². The first-order valence-corrected chi connectivity index (χ1v) is 6.72. The topological polar surface area (TPSA) is 47.3 Å². The first-order chi connectivity index (χ1) is 9.29. The standard InChI is InChI=1S/C14H15ClN2O2/c15-11-3-1-10(2-4-11)8-18-14-17-13(9-19-14)7-16-12-5-6-12/h1-4,9,12,16H,5-8H2. The molecule has 1 aromatic carbocycles. The Bertz CT molecular complexity index is 535. The predicted molar refractivity (Wildman–Crippen MR) is 72.1 cm³/mol. The Morgan fingerprint density at radius 2 is 2.11 bits per heavy atom. The minimum atomic E-state index is 0.308. The van der Waals surface area contributed by atoms with Gasteiger partial charge in [0.1, 0.15) is 12.9 Å². The fourth-order valence-electron chi connectivity index (χ4n) is 1.70. The molecule has 0 spiro atoms. The molecule has 100 valence electrons. The van der Waals surface area contributed by atoms with Crippen molar-refractivity contribution in [3.63, 3.8) is 0 Å². The van der Waals surface area contributed by atoms with Gasteiger partial charge in [-0.1, -0.05) is 23.7 Å². The van der Waals surface area contributed by atoms with E-state index in [1.165, 1.54) is 12.8 Å². The summed E-state index contributed by atoms with van der Waals surface area (Å²) in [6, 6.07) is 8.17. The second-order valence-electron chi connectivity index (χ2n) is 4.68. The number of hydrogen-bond acceptors (Lipinski definition) is 4. The Morgan fingerprint density at radius 1 is 1.32 bits per heavy atom. The molecule has 0 atom stereocenters. The van der Waals surface area contributed by atoms with E-state index in [1.807, 2.05) is 24.3 Å². The molecule has 4 nitrogen and oxygen atoms in total. The summed E-state index contributed by atoms with van der Waals surface area (Å²) in [5.74, 6) is 0. The summed E-state index contributed by atoms with van der Waals surface area (Å²) in [5, 5.41) is 4.09. The molecule has 2 aromatic rings. The van der Waals surface area contributed by atoms with Gasteiger partial charge in [0, 0.05) is 17.6 Å². The highest BCUT2D eigenvalue weighted by molar-refractivity contribution is 6.30. The number of nitrogens with zero attached hydrogens (tertiary/aromatic N) is 1. The van der Waals surface area contributed by atoms with Gasteiger partial charge in [-0.05, 0) is 30.5 Å². The second kappa shape index (κ2) is 5.63. The third-order valence-corrected chi connectivity index (χ3v) is 3.21. The molecule has 0 unspecified atom stereocenters. The zero-order valence-corrected chi connectivity index (χ0v) is 11.2. The summed E-state index contributed by atoms with van der Waals surface area (Å²) >= 11 is 5.82. The fraction of sp³-hybridized carbons (Fsp3) is 0.357. The molecular formula is C14H15ClN2O2. The summed E-state index contributed by atoms with van der Waals surface area (Å²) in [7, 11) is 0. The lowest BCUT2D eigenvalue weighted by molar-refractivity contribution is 0.220. The first-order valence-electron chi connectivity index (χ1n) is 6.34. The van der Waals surface area contributed by atoms with E-state index in [0.717, 1.165) is 17.8 Å². The van der Waals surface area contributed by atoms with Gasteiger partial charge in [0.15, 0.2) is 0 Å². The summed E-state index contributed by atoms with van der Waals surface area (Å²) < 4.78 is 10.7. The summed E-state index contributed by atoms with van der Waals surface area (Å²) in [5.41, 5.74) is 1.90. The van der Waals surface area contributed by atoms with Gasteiger partial charge in [-0.25, -0.2) is 0 Å². The molecule has 19 heavy (non-hydrogen) atoms. The zero-order valence-electron chi connectivity index (χ0n) is 10.4. The maximum atomic E-state index is 5.82. The highest BCUT2D eigenvalue weighted by atomic mass is 35.5. The van der Waals surface area contributed by atoms with Gasteiger partial charge in [0.05, 0.1) is 5.69 Å². The van der Waals surface area contributed by atoms with Crippen LogP contribution in [0.1, 0.15) is 24.1 Å². The van der Waals surface area contributed by atoms with Crippen molar-refractivity contribution in [3.05, 3.63) is 46.8 Å². The molecular weight excluding hydrogens is 264 g/mol. The van der Waals surface area contributed by atoms with Crippen LogP contribution in [0.3, 0.4) is 0 Å². The molecule has 1 aromatic heterocycles. The van der Waals surface area contributed by atoms with Crippen LogP contribution in [0.2, 0.25) is 5.02 Å². The maximum absolute atomic E-state index is 5.82. The molecule has 1 aliphatic rings. The van der Waals surface area contributed by atoms with Gasteiger partial charge in [-0.2, -0.15) is 4.98 Å². The minimum absolute atomic E-state index is 0.308. The van der Waals surface area contributed by atoms with Crippen molar-refractivity contribution in [3.8, 4) is 6.08 Å². The molecule has 1 aliphatic carbocycles. The quantitative estimate of drug-likeness (QED) is 0.882. The molecule has 0 saturated heterocycles. The molecule has 5 heteroatoms. The molecule has 3 rings (SSSR count). The molecule has 1 heterocycles. The third kappa shape index (κ3) is 3.72. The Hall–Kier alpha value is -1.52. The summed E-state index contributed by atoms with van der Waals surface area (Å²) in [4.78, 5) is 4.27. The van der Waals surface area contributed by atoms with Crippen molar-refractivity contribution < 1.29 is 9.15 Å². The molecule has 1 saturated carbocycles. The highest BCUT2D eigenvalue weighted by Gasteiger charge is 2.20. The average molecular weight is 279 g/mol. The van der Waals surface area contributed by atoms with Gasteiger partial charge in [-0.3, -0.25) is 0 Å². The highest BCUT2D eigenvalue weighted by Crippen LogP contribution is 2.20. The van der Waals surface area contributed by atoms with Crippen LogP contribution in [0.4, 0.5) is 0 Å². The van der Waals surface area contributed by atoms with E-state index >= 15 is 0 Å². The fourth-order valence-corrected chi connectivity index (χ4v) is 1.82. The van der Waals surface area contributed by atoms with Crippen molar-refractivity contribution in [2.75, 3.05) is 0 Å². The Balaban J connectivity index is 1.50. The molecule has 1 fully saturated rings. The van der Waals surface area contributed by atoms with Crippen molar-refractivity contribution >= 4 is 11.6 Å². The smallest absolute Gasteiger partial charge is 0.394 e. The second-order valence-corrected chi connectivity index (χ2v) is 5.11. The van der Waals surface area contributed by atoms with Crippen LogP contribution >= 0.6 is 11.6 Å². The molecule has 0 bridgehead atoms. The maximum Gasteiger partial charge on any atom is 0.394 e. The summed E-state index contributed by atoms with van der Waals surface area (Å²) in [6.45, 7) is 1.16. The van der Waals surface area contributed by atoms with Crippen LogP contribution in [0.15, 0.2) is 34.9 Å². The van der Waals surface area contributed by atoms with Crippen LogP contribution in [0.5, 0.6) is 6.08 Å². The number of oxazole rings is 1. The number of ether oxygens (including phenoxy) is 1. The largest absolute Gasteiger partial charge is 0.445 e. The monoisotopic (exact) mass is 278 g/mol. The van der Waals surface area contributed by atoms with E-state index in [9.17, 15) is 0 Å². The molecule has 0 radical (unpaired) electrons. The number of benzene rings is 1. The van der Waals surface area contributed by atoms with E-state index in [0.29, 0.717) is 23.7 Å². The van der Waals surface area contributed by atoms with E-state index in [4.69, 9.17) is 20.8 Å². The molecule has 0 amide bonds. The minimum Gasteiger partial charge on any atom is -0.445 e. The van der Waals surface area contributed by atoms with Crippen LogP contribution in [0, 0.1) is 0 Å². The van der Waals surface area contributed by atoms with Gasteiger partial charge in [0.2, 0.25) is 0 Å². The Labute approximate surface area is 116 Å². The van der Waals surface area contributed by atoms with Gasteiger partial charge >= 0.3 is 6.08 Å². The van der Waals surface area contributed by atoms with Crippen LogP contribution in [-0.4, -0.2) is 11.0 Å². The lowest BCUT2D eigenvalue weighted by atomic mass is 10.2. The lowest BCUT2D eigenvalue weighted by Crippen LogP contribution is -2.15. The van der Waals surface area contributed by atoms with E-state index < -0.39 is 0 Å². The van der Waals surface area contributed by atoms with Gasteiger partial charge in [-0.15, -0.1) is 0 Å². The Morgan fingerprint density at radius 3 is 2.84 bits per heavy atom. The lowest BCUT2D eigenvalue weighted by Gasteiger charge is -2.01. The first kappa shape index (κ1) is 12.5. The van der Waals surface area contributed by atoms with Crippen LogP contribution in [-0.2, 0) is 13.2 Å². The Kier molecular flexibility index (Phi) is 3.71. The summed E-state index contributed by atoms with van der Waals surface area (Å²) in [6.07, 6.45) is 4.46. The SMILES string of the molecule is Clc1ccc(COc2nc(CNC3CC3)co2)cc1. The third-order valence-electron chi connectivity index (χ3n) is 2.96. The normalized spacial score (nSPS) is 14.6. The van der Waals surface area contributed by atoms with Gasteiger partial charge < -0.3 is 14.5 Å². The predicted octanol–water partition coefficient (Wildman–Crippen LogP) is 3.16. The number of hydrogen-bond donors (Lipinski definition) is 1. The van der Waals surface area contributed by atoms with Gasteiger partial charge in [0.25, 0.3) is 0 Å². The molecule has 0 aliphatic heterocycles. The average Bonchev–Trinajstić information content (AvgIpc) is 3.15. The van der Waals surface area contributed by atoms with Crippen molar-refractivity contribution in [1.29, 1.82) is 0 Å². The molecule has 1 N–H and O–H groups in total. The zero-order chi connectivity index (χ0) is 13.1. The van der Waals surface area contributed by atoms with Crippen molar-refractivity contribution in [2.45, 2.75) is 32.0 Å².